The number of nitrogens with zero attached hydrogens (tertiary/aromatic N) is 1. The first kappa shape index (κ1) is 18.2. The molecule has 6 N–H and O–H groups in total. The Morgan fingerprint density at radius 1 is 1.33 bits per heavy atom. The van der Waals surface area contributed by atoms with Crippen molar-refractivity contribution >= 4 is 33.8 Å². The maximum Gasteiger partial charge on any atom is 0.250 e. The first-order valence-electron chi connectivity index (χ1n) is 7.98. The first-order chi connectivity index (χ1) is 11.3. The van der Waals surface area contributed by atoms with Crippen molar-refractivity contribution in [1.29, 1.82) is 0 Å². The van der Waals surface area contributed by atoms with E-state index in [1.54, 1.807) is 6.07 Å². The summed E-state index contributed by atoms with van der Waals surface area (Å²) in [7, 11) is 0. The summed E-state index contributed by atoms with van der Waals surface area (Å²) in [5.74, 6) is 0.0904. The molecule has 0 unspecified atom stereocenters. The van der Waals surface area contributed by atoms with Gasteiger partial charge >= 0.3 is 0 Å². The van der Waals surface area contributed by atoms with Crippen LogP contribution >= 0.6 is 11.5 Å². The molecular weight excluding hydrogens is 322 g/mol. The van der Waals surface area contributed by atoms with Crippen LogP contribution in [0, 0.1) is 12.8 Å². The summed E-state index contributed by atoms with van der Waals surface area (Å²) in [6, 6.07) is 7.44. The van der Waals surface area contributed by atoms with E-state index in [4.69, 9.17) is 11.5 Å². The standard InChI is InChI=1S/C17H25N5OS/c1-10(2)6-12(18)9-20-13-4-5-14(17(19)23)15(8-13)21-16-7-11(3)22-24-16/h4-5,7-8,10,12,20-21H,6,9,18H2,1-3H3,(H2,19,23)/t12-/m0/s1. The Bertz CT molecular complexity index is 698. The van der Waals surface area contributed by atoms with Gasteiger partial charge < -0.3 is 22.1 Å². The molecule has 0 aliphatic heterocycles. The van der Waals surface area contributed by atoms with Crippen LogP contribution in [0.4, 0.5) is 16.4 Å². The lowest BCUT2D eigenvalue weighted by Gasteiger charge is -2.17. The van der Waals surface area contributed by atoms with Crippen molar-refractivity contribution in [2.45, 2.75) is 33.2 Å². The van der Waals surface area contributed by atoms with Crippen molar-refractivity contribution < 1.29 is 4.79 Å². The number of amides is 1. The van der Waals surface area contributed by atoms with Crippen molar-refractivity contribution in [3.8, 4) is 0 Å². The molecule has 24 heavy (non-hydrogen) atoms. The van der Waals surface area contributed by atoms with E-state index < -0.39 is 5.91 Å². The monoisotopic (exact) mass is 347 g/mol. The highest BCUT2D eigenvalue weighted by molar-refractivity contribution is 7.10. The van der Waals surface area contributed by atoms with Crippen molar-refractivity contribution in [2.24, 2.45) is 17.4 Å². The van der Waals surface area contributed by atoms with Crippen molar-refractivity contribution in [3.05, 3.63) is 35.5 Å². The number of aromatic nitrogens is 1. The van der Waals surface area contributed by atoms with Gasteiger partial charge in [-0.1, -0.05) is 13.8 Å². The Balaban J connectivity index is 2.13. The van der Waals surface area contributed by atoms with Crippen LogP contribution in [0.3, 0.4) is 0 Å². The van der Waals surface area contributed by atoms with Crippen LogP contribution in [0.15, 0.2) is 24.3 Å². The first-order valence-corrected chi connectivity index (χ1v) is 8.76. The molecule has 2 aromatic rings. The summed E-state index contributed by atoms with van der Waals surface area (Å²) >= 11 is 1.34. The zero-order valence-electron chi connectivity index (χ0n) is 14.3. The van der Waals surface area contributed by atoms with Crippen LogP contribution in [0.25, 0.3) is 0 Å². The number of aryl methyl sites for hydroxylation is 1. The smallest absolute Gasteiger partial charge is 0.250 e. The van der Waals surface area contributed by atoms with Crippen LogP contribution in [0.2, 0.25) is 0 Å². The van der Waals surface area contributed by atoms with Crippen LogP contribution in [0.5, 0.6) is 0 Å². The maximum absolute atomic E-state index is 11.6. The number of benzene rings is 1. The van der Waals surface area contributed by atoms with E-state index in [1.165, 1.54) is 11.5 Å². The third kappa shape index (κ3) is 5.21. The Morgan fingerprint density at radius 3 is 2.67 bits per heavy atom. The van der Waals surface area contributed by atoms with Crippen molar-refractivity contribution in [2.75, 3.05) is 17.2 Å². The lowest BCUT2D eigenvalue weighted by atomic mass is 10.0. The third-order valence-electron chi connectivity index (χ3n) is 3.51. The third-order valence-corrected chi connectivity index (χ3v) is 4.31. The van der Waals surface area contributed by atoms with Gasteiger partial charge in [0.25, 0.3) is 5.91 Å². The molecule has 2 rings (SSSR count). The summed E-state index contributed by atoms with van der Waals surface area (Å²) in [6.07, 6.45) is 0.956. The second-order valence-corrected chi connectivity index (χ2v) is 7.16. The number of anilines is 3. The molecule has 1 aromatic heterocycles. The molecule has 0 saturated carbocycles. The fourth-order valence-corrected chi connectivity index (χ4v) is 3.14. The van der Waals surface area contributed by atoms with Crippen molar-refractivity contribution in [1.82, 2.24) is 4.37 Å². The number of nitrogens with two attached hydrogens (primary N) is 2. The number of hydrogen-bond acceptors (Lipinski definition) is 6. The second-order valence-electron chi connectivity index (χ2n) is 6.35. The van der Waals surface area contributed by atoms with E-state index in [0.29, 0.717) is 23.7 Å². The molecule has 1 amide bonds. The molecule has 0 fully saturated rings. The number of rotatable bonds is 8. The lowest BCUT2D eigenvalue weighted by Crippen LogP contribution is -2.30. The molecule has 0 radical (unpaired) electrons. The van der Waals surface area contributed by atoms with Gasteiger partial charge in [-0.15, -0.1) is 0 Å². The predicted octanol–water partition coefficient (Wildman–Crippen LogP) is 3.08. The molecule has 0 spiro atoms. The predicted molar refractivity (Wildman–Crippen MR) is 101 cm³/mol. The summed E-state index contributed by atoms with van der Waals surface area (Å²) < 4.78 is 4.23. The van der Waals surface area contributed by atoms with E-state index in [1.807, 2.05) is 25.1 Å². The largest absolute Gasteiger partial charge is 0.383 e. The normalized spacial score (nSPS) is 12.2. The van der Waals surface area contributed by atoms with Crippen LogP contribution in [0.1, 0.15) is 36.3 Å². The van der Waals surface area contributed by atoms with Gasteiger partial charge in [-0.05, 0) is 55.1 Å². The molecule has 130 valence electrons. The van der Waals surface area contributed by atoms with E-state index in [0.717, 1.165) is 22.8 Å². The molecule has 6 nitrogen and oxygen atoms in total. The Hall–Kier alpha value is -2.12. The summed E-state index contributed by atoms with van der Waals surface area (Å²) in [5.41, 5.74) is 14.5. The van der Waals surface area contributed by atoms with Gasteiger partial charge in [0.2, 0.25) is 0 Å². The topological polar surface area (TPSA) is 106 Å². The second kappa shape index (κ2) is 8.12. The average molecular weight is 347 g/mol. The zero-order chi connectivity index (χ0) is 17.7. The van der Waals surface area contributed by atoms with E-state index >= 15 is 0 Å². The molecule has 0 bridgehead atoms. The van der Waals surface area contributed by atoms with Crippen LogP contribution < -0.4 is 22.1 Å². The highest BCUT2D eigenvalue weighted by Crippen LogP contribution is 2.27. The molecule has 0 saturated heterocycles. The molecule has 1 heterocycles. The lowest BCUT2D eigenvalue weighted by molar-refractivity contribution is 0.100. The number of carbonyl (C=O) groups excluding carboxylic acids is 1. The Kier molecular flexibility index (Phi) is 6.16. The molecule has 7 heteroatoms. The van der Waals surface area contributed by atoms with Gasteiger partial charge in [-0.3, -0.25) is 4.79 Å². The van der Waals surface area contributed by atoms with Gasteiger partial charge in [-0.2, -0.15) is 4.37 Å². The minimum absolute atomic E-state index is 0.0846. The average Bonchev–Trinajstić information content (AvgIpc) is 2.89. The maximum atomic E-state index is 11.6. The molecule has 0 aliphatic rings. The summed E-state index contributed by atoms with van der Waals surface area (Å²) in [6.45, 7) is 6.90. The number of primary amides is 1. The van der Waals surface area contributed by atoms with Gasteiger partial charge in [-0.25, -0.2) is 0 Å². The van der Waals surface area contributed by atoms with Gasteiger partial charge in [0.15, 0.2) is 0 Å². The van der Waals surface area contributed by atoms with Gasteiger partial charge in [0.1, 0.15) is 5.00 Å². The highest BCUT2D eigenvalue weighted by atomic mass is 32.1. The molecular formula is C17H25N5OS. The van der Waals surface area contributed by atoms with E-state index in [-0.39, 0.29) is 6.04 Å². The van der Waals surface area contributed by atoms with E-state index in [9.17, 15) is 4.79 Å². The van der Waals surface area contributed by atoms with Gasteiger partial charge in [0, 0.05) is 18.3 Å². The minimum atomic E-state index is -0.471. The molecule has 0 aliphatic carbocycles. The Labute approximate surface area is 146 Å². The summed E-state index contributed by atoms with van der Waals surface area (Å²) in [5, 5.41) is 7.40. The summed E-state index contributed by atoms with van der Waals surface area (Å²) in [4.78, 5) is 11.6. The van der Waals surface area contributed by atoms with Crippen molar-refractivity contribution in [3.63, 3.8) is 0 Å². The molecule has 1 aromatic carbocycles. The van der Waals surface area contributed by atoms with Gasteiger partial charge in [0.05, 0.1) is 16.9 Å². The molecule has 1 atom stereocenters. The van der Waals surface area contributed by atoms with Crippen LogP contribution in [-0.4, -0.2) is 22.9 Å². The highest BCUT2D eigenvalue weighted by Gasteiger charge is 2.11. The fourth-order valence-electron chi connectivity index (χ4n) is 2.47. The Morgan fingerprint density at radius 2 is 2.08 bits per heavy atom. The number of nitrogens with one attached hydrogen (secondary N) is 2. The number of hydrogen-bond donors (Lipinski definition) is 4. The zero-order valence-corrected chi connectivity index (χ0v) is 15.1. The van der Waals surface area contributed by atoms with Crippen LogP contribution in [-0.2, 0) is 0 Å². The quantitative estimate of drug-likeness (QED) is 0.587. The fraction of sp³-hybridized carbons (Fsp3) is 0.412. The van der Waals surface area contributed by atoms with E-state index in [2.05, 4.69) is 28.9 Å². The SMILES string of the molecule is Cc1cc(Nc2cc(NC[C@@H](N)CC(C)C)ccc2C(N)=O)sn1. The number of carbonyl (C=O) groups is 1. The minimum Gasteiger partial charge on any atom is -0.383 e.